The third kappa shape index (κ3) is 2.17. The monoisotopic (exact) mass is 210 g/mol. The molecule has 2 N–H and O–H groups in total. The highest BCUT2D eigenvalue weighted by Crippen LogP contribution is 2.33. The molecule has 0 spiro atoms. The van der Waals surface area contributed by atoms with Crippen LogP contribution in [0.1, 0.15) is 45.4 Å². The van der Waals surface area contributed by atoms with Crippen LogP contribution < -0.4 is 5.73 Å². The van der Waals surface area contributed by atoms with Crippen LogP contribution >= 0.6 is 0 Å². The van der Waals surface area contributed by atoms with Crippen molar-refractivity contribution in [3.05, 3.63) is 0 Å². The standard InChI is InChI=1S/C12H22N2O/c1-12(13)7-3-2-6-10(12)11(15)14-8-4-5-9-14/h10H,2-9,13H2,1H3. The van der Waals surface area contributed by atoms with E-state index in [-0.39, 0.29) is 11.5 Å². The summed E-state index contributed by atoms with van der Waals surface area (Å²) in [7, 11) is 0. The molecule has 0 bridgehead atoms. The highest BCUT2D eigenvalue weighted by atomic mass is 16.2. The van der Waals surface area contributed by atoms with Crippen LogP contribution in [0, 0.1) is 5.92 Å². The minimum Gasteiger partial charge on any atom is -0.342 e. The third-order valence-electron chi connectivity index (χ3n) is 3.97. The average molecular weight is 210 g/mol. The second-order valence-corrected chi connectivity index (χ2v) is 5.34. The summed E-state index contributed by atoms with van der Waals surface area (Å²) < 4.78 is 0. The summed E-state index contributed by atoms with van der Waals surface area (Å²) in [4.78, 5) is 14.3. The Balaban J connectivity index is 2.04. The van der Waals surface area contributed by atoms with Crippen molar-refractivity contribution in [3.63, 3.8) is 0 Å². The van der Waals surface area contributed by atoms with Crippen LogP contribution in [0.3, 0.4) is 0 Å². The summed E-state index contributed by atoms with van der Waals surface area (Å²) in [6.07, 6.45) is 6.66. The number of hydrogen-bond acceptors (Lipinski definition) is 2. The molecule has 3 nitrogen and oxygen atoms in total. The van der Waals surface area contributed by atoms with Gasteiger partial charge in [0, 0.05) is 18.6 Å². The van der Waals surface area contributed by atoms with E-state index in [2.05, 4.69) is 0 Å². The Bertz CT molecular complexity index is 244. The van der Waals surface area contributed by atoms with Crippen LogP contribution in [0.5, 0.6) is 0 Å². The van der Waals surface area contributed by atoms with Gasteiger partial charge in [-0.1, -0.05) is 12.8 Å². The number of carbonyl (C=O) groups excluding carboxylic acids is 1. The molecule has 0 radical (unpaired) electrons. The highest BCUT2D eigenvalue weighted by molar-refractivity contribution is 5.80. The first kappa shape index (κ1) is 10.9. The van der Waals surface area contributed by atoms with Gasteiger partial charge in [0.2, 0.25) is 5.91 Å². The van der Waals surface area contributed by atoms with Crippen LogP contribution in [0.4, 0.5) is 0 Å². The van der Waals surface area contributed by atoms with Crippen molar-refractivity contribution in [2.75, 3.05) is 13.1 Å². The van der Waals surface area contributed by atoms with E-state index in [4.69, 9.17) is 5.73 Å². The summed E-state index contributed by atoms with van der Waals surface area (Å²) in [5.41, 5.74) is 5.98. The van der Waals surface area contributed by atoms with Gasteiger partial charge in [-0.2, -0.15) is 0 Å². The number of carbonyl (C=O) groups is 1. The molecule has 2 unspecified atom stereocenters. The molecule has 2 fully saturated rings. The summed E-state index contributed by atoms with van der Waals surface area (Å²) in [5.74, 6) is 0.390. The Labute approximate surface area is 92.0 Å². The normalized spacial score (nSPS) is 36.9. The van der Waals surface area contributed by atoms with Crippen LogP contribution in [-0.4, -0.2) is 29.4 Å². The highest BCUT2D eigenvalue weighted by Gasteiger charge is 2.40. The predicted octanol–water partition coefficient (Wildman–Crippen LogP) is 1.52. The second-order valence-electron chi connectivity index (χ2n) is 5.34. The fourth-order valence-electron chi connectivity index (χ4n) is 2.92. The molecule has 0 aromatic heterocycles. The van der Waals surface area contributed by atoms with Crippen LogP contribution in [0.2, 0.25) is 0 Å². The van der Waals surface area contributed by atoms with Gasteiger partial charge in [0.05, 0.1) is 5.92 Å². The number of rotatable bonds is 1. The van der Waals surface area contributed by atoms with Gasteiger partial charge in [0.25, 0.3) is 0 Å². The second kappa shape index (κ2) is 4.12. The van der Waals surface area contributed by atoms with E-state index in [9.17, 15) is 4.79 Å². The molecule has 2 rings (SSSR count). The number of nitrogens with two attached hydrogens (primary N) is 1. The molecule has 1 saturated carbocycles. The lowest BCUT2D eigenvalue weighted by Crippen LogP contribution is -2.53. The maximum atomic E-state index is 12.3. The molecule has 0 aromatic rings. The lowest BCUT2D eigenvalue weighted by molar-refractivity contribution is -0.137. The minimum absolute atomic E-state index is 0.0735. The quantitative estimate of drug-likeness (QED) is 0.713. The molecule has 86 valence electrons. The molecular formula is C12H22N2O. The van der Waals surface area contributed by atoms with Crippen molar-refractivity contribution < 1.29 is 4.79 Å². The van der Waals surface area contributed by atoms with Crippen molar-refractivity contribution in [1.29, 1.82) is 0 Å². The van der Waals surface area contributed by atoms with Crippen molar-refractivity contribution in [2.45, 2.75) is 51.0 Å². The Morgan fingerprint density at radius 2 is 1.93 bits per heavy atom. The van der Waals surface area contributed by atoms with E-state index in [1.165, 1.54) is 19.3 Å². The summed E-state index contributed by atoms with van der Waals surface area (Å²) in [6, 6.07) is 0. The molecule has 2 atom stereocenters. The van der Waals surface area contributed by atoms with Crippen molar-refractivity contribution in [3.8, 4) is 0 Å². The Hall–Kier alpha value is -0.570. The molecule has 0 aromatic carbocycles. The van der Waals surface area contributed by atoms with Gasteiger partial charge in [-0.25, -0.2) is 0 Å². The maximum absolute atomic E-state index is 12.3. The largest absolute Gasteiger partial charge is 0.342 e. The van der Waals surface area contributed by atoms with E-state index in [1.54, 1.807) is 0 Å². The van der Waals surface area contributed by atoms with E-state index < -0.39 is 0 Å². The number of hydrogen-bond donors (Lipinski definition) is 1. The third-order valence-corrected chi connectivity index (χ3v) is 3.97. The molecule has 2 aliphatic rings. The zero-order chi connectivity index (χ0) is 10.9. The van der Waals surface area contributed by atoms with Crippen LogP contribution in [0.15, 0.2) is 0 Å². The molecule has 1 aliphatic carbocycles. The lowest BCUT2D eigenvalue weighted by atomic mass is 9.74. The smallest absolute Gasteiger partial charge is 0.227 e. The molecule has 1 saturated heterocycles. The number of likely N-dealkylation sites (tertiary alicyclic amines) is 1. The van der Waals surface area contributed by atoms with Gasteiger partial charge in [-0.05, 0) is 32.6 Å². The van der Waals surface area contributed by atoms with E-state index in [0.717, 1.165) is 32.4 Å². The number of amides is 1. The molecule has 3 heteroatoms. The Morgan fingerprint density at radius 1 is 1.27 bits per heavy atom. The van der Waals surface area contributed by atoms with E-state index >= 15 is 0 Å². The van der Waals surface area contributed by atoms with E-state index in [1.807, 2.05) is 11.8 Å². The molecule has 1 amide bonds. The lowest BCUT2D eigenvalue weighted by Gasteiger charge is -2.39. The predicted molar refractivity (Wildman–Crippen MR) is 60.4 cm³/mol. The zero-order valence-corrected chi connectivity index (χ0v) is 9.67. The Kier molecular flexibility index (Phi) is 3.01. The van der Waals surface area contributed by atoms with Gasteiger partial charge in [-0.3, -0.25) is 4.79 Å². The summed E-state index contributed by atoms with van der Waals surface area (Å²) >= 11 is 0. The van der Waals surface area contributed by atoms with E-state index in [0.29, 0.717) is 5.91 Å². The van der Waals surface area contributed by atoms with Gasteiger partial charge < -0.3 is 10.6 Å². The zero-order valence-electron chi connectivity index (χ0n) is 9.67. The average Bonchev–Trinajstić information content (AvgIpc) is 2.69. The summed E-state index contributed by atoms with van der Waals surface area (Å²) in [5, 5.41) is 0. The molecule has 15 heavy (non-hydrogen) atoms. The van der Waals surface area contributed by atoms with Gasteiger partial charge in [0.15, 0.2) is 0 Å². The van der Waals surface area contributed by atoms with Gasteiger partial charge >= 0.3 is 0 Å². The fourth-order valence-corrected chi connectivity index (χ4v) is 2.92. The van der Waals surface area contributed by atoms with Crippen molar-refractivity contribution >= 4 is 5.91 Å². The van der Waals surface area contributed by atoms with Crippen molar-refractivity contribution in [1.82, 2.24) is 4.90 Å². The topological polar surface area (TPSA) is 46.3 Å². The molecular weight excluding hydrogens is 188 g/mol. The minimum atomic E-state index is -0.266. The van der Waals surface area contributed by atoms with Crippen molar-refractivity contribution in [2.24, 2.45) is 11.7 Å². The first-order chi connectivity index (χ1) is 7.11. The molecule has 1 aliphatic heterocycles. The number of nitrogens with zero attached hydrogens (tertiary/aromatic N) is 1. The first-order valence-electron chi connectivity index (χ1n) is 6.19. The summed E-state index contributed by atoms with van der Waals surface area (Å²) in [6.45, 7) is 3.95. The fraction of sp³-hybridized carbons (Fsp3) is 0.917. The van der Waals surface area contributed by atoms with Gasteiger partial charge in [0.1, 0.15) is 0 Å². The van der Waals surface area contributed by atoms with Crippen LogP contribution in [0.25, 0.3) is 0 Å². The molecule has 1 heterocycles. The maximum Gasteiger partial charge on any atom is 0.227 e. The van der Waals surface area contributed by atoms with Crippen LogP contribution in [-0.2, 0) is 4.79 Å². The van der Waals surface area contributed by atoms with Gasteiger partial charge in [-0.15, -0.1) is 0 Å². The first-order valence-corrected chi connectivity index (χ1v) is 6.19. The SMILES string of the molecule is CC1(N)CCCCC1C(=O)N1CCCC1. The Morgan fingerprint density at radius 3 is 2.53 bits per heavy atom.